The Bertz CT molecular complexity index is 577. The zero-order valence-corrected chi connectivity index (χ0v) is 10.2. The first-order valence-electron chi connectivity index (χ1n) is 6.26. The van der Waals surface area contributed by atoms with Gasteiger partial charge in [0.25, 0.3) is 0 Å². The molecule has 2 aliphatic rings. The highest BCUT2D eigenvalue weighted by Crippen LogP contribution is 2.51. The first-order chi connectivity index (χ1) is 8.97. The van der Waals surface area contributed by atoms with Gasteiger partial charge in [-0.15, -0.1) is 0 Å². The molecule has 3 atom stereocenters. The summed E-state index contributed by atoms with van der Waals surface area (Å²) in [5.41, 5.74) is 1.28. The van der Waals surface area contributed by atoms with Gasteiger partial charge in [0.05, 0.1) is 5.92 Å². The van der Waals surface area contributed by atoms with Gasteiger partial charge in [-0.05, 0) is 29.9 Å². The van der Waals surface area contributed by atoms with Crippen molar-refractivity contribution < 1.29 is 24.9 Å². The van der Waals surface area contributed by atoms with Gasteiger partial charge in [-0.3, -0.25) is 9.59 Å². The average molecular weight is 262 g/mol. The van der Waals surface area contributed by atoms with Crippen LogP contribution in [-0.4, -0.2) is 27.1 Å². The molecule has 100 valence electrons. The van der Waals surface area contributed by atoms with Gasteiger partial charge in [-0.1, -0.05) is 0 Å². The quantitative estimate of drug-likeness (QED) is 0.711. The molecular formula is C14H14O5. The summed E-state index contributed by atoms with van der Waals surface area (Å²) in [7, 11) is 0. The highest BCUT2D eigenvalue weighted by molar-refractivity contribution is 5.85. The molecule has 0 saturated heterocycles. The van der Waals surface area contributed by atoms with Crippen molar-refractivity contribution in [3.63, 3.8) is 0 Å². The second kappa shape index (κ2) is 3.98. The minimum atomic E-state index is -0.918. The van der Waals surface area contributed by atoms with Crippen molar-refractivity contribution in [2.24, 2.45) is 11.8 Å². The van der Waals surface area contributed by atoms with E-state index < -0.39 is 11.9 Å². The van der Waals surface area contributed by atoms with Crippen LogP contribution in [0.2, 0.25) is 0 Å². The summed E-state index contributed by atoms with van der Waals surface area (Å²) in [4.78, 5) is 23.0. The molecule has 0 amide bonds. The van der Waals surface area contributed by atoms with Crippen LogP contribution in [0.15, 0.2) is 12.1 Å². The number of aromatic hydroxyl groups is 2. The molecule has 1 saturated carbocycles. The average Bonchev–Trinajstić information content (AvgIpc) is 2.67. The van der Waals surface area contributed by atoms with Crippen LogP contribution >= 0.6 is 0 Å². The maximum Gasteiger partial charge on any atom is 0.307 e. The van der Waals surface area contributed by atoms with Gasteiger partial charge in [0.15, 0.2) is 0 Å². The predicted molar refractivity (Wildman–Crippen MR) is 65.1 cm³/mol. The normalized spacial score (nSPS) is 28.8. The number of benzene rings is 1. The standard InChI is InChI=1S/C14H14O5/c15-7-1-6-2-11(14(18)19)9-3-8(16)4-10(9)13(6)12(17)5-7/h1,5,9-11,15,17H,2-4H2,(H,18,19). The summed E-state index contributed by atoms with van der Waals surface area (Å²) in [5, 5.41) is 28.8. The first kappa shape index (κ1) is 12.0. The summed E-state index contributed by atoms with van der Waals surface area (Å²) < 4.78 is 0. The van der Waals surface area contributed by atoms with E-state index in [1.54, 1.807) is 0 Å². The van der Waals surface area contributed by atoms with Gasteiger partial charge in [0, 0.05) is 24.5 Å². The Labute approximate surface area is 109 Å². The van der Waals surface area contributed by atoms with Crippen molar-refractivity contribution in [3.05, 3.63) is 23.3 Å². The minimum Gasteiger partial charge on any atom is -0.508 e. The van der Waals surface area contributed by atoms with E-state index in [-0.39, 0.29) is 48.4 Å². The number of Topliss-reactive ketones (excluding diaryl/α,β-unsaturated/α-hetero) is 1. The van der Waals surface area contributed by atoms with Crippen LogP contribution in [0.3, 0.4) is 0 Å². The van der Waals surface area contributed by atoms with Crippen LogP contribution in [0.4, 0.5) is 0 Å². The molecule has 0 radical (unpaired) electrons. The highest BCUT2D eigenvalue weighted by Gasteiger charge is 2.47. The van der Waals surface area contributed by atoms with Crippen molar-refractivity contribution in [2.45, 2.75) is 25.2 Å². The molecule has 5 heteroatoms. The number of hydrogen-bond donors (Lipinski definition) is 3. The summed E-state index contributed by atoms with van der Waals surface area (Å²) in [5.74, 6) is -2.09. The third kappa shape index (κ3) is 1.77. The monoisotopic (exact) mass is 262 g/mol. The Morgan fingerprint density at radius 3 is 2.58 bits per heavy atom. The Kier molecular flexibility index (Phi) is 2.52. The predicted octanol–water partition coefficient (Wildman–Crippen LogP) is 1.42. The fraction of sp³-hybridized carbons (Fsp3) is 0.429. The zero-order chi connectivity index (χ0) is 13.7. The number of aliphatic carboxylic acids is 1. The third-order valence-corrected chi connectivity index (χ3v) is 4.30. The highest BCUT2D eigenvalue weighted by atomic mass is 16.4. The maximum atomic E-state index is 11.6. The Morgan fingerprint density at radius 1 is 1.16 bits per heavy atom. The Hall–Kier alpha value is -2.04. The zero-order valence-electron chi connectivity index (χ0n) is 10.2. The molecule has 3 rings (SSSR count). The van der Waals surface area contributed by atoms with E-state index in [0.29, 0.717) is 11.1 Å². The van der Waals surface area contributed by atoms with Gasteiger partial charge in [-0.25, -0.2) is 0 Å². The smallest absolute Gasteiger partial charge is 0.307 e. The molecule has 19 heavy (non-hydrogen) atoms. The van der Waals surface area contributed by atoms with Gasteiger partial charge in [0.2, 0.25) is 0 Å². The number of ketones is 1. The molecule has 1 fully saturated rings. The molecule has 1 aromatic rings. The number of phenolic OH excluding ortho intramolecular Hbond substituents is 2. The van der Waals surface area contributed by atoms with Crippen LogP contribution < -0.4 is 0 Å². The van der Waals surface area contributed by atoms with Gasteiger partial charge >= 0.3 is 5.97 Å². The van der Waals surface area contributed by atoms with Gasteiger partial charge in [-0.2, -0.15) is 0 Å². The fourth-order valence-electron chi connectivity index (χ4n) is 3.56. The van der Waals surface area contributed by atoms with Crippen molar-refractivity contribution in [3.8, 4) is 11.5 Å². The molecule has 3 unspecified atom stereocenters. The number of phenols is 2. The van der Waals surface area contributed by atoms with Gasteiger partial charge in [0.1, 0.15) is 17.3 Å². The molecule has 2 aliphatic carbocycles. The Morgan fingerprint density at radius 2 is 1.89 bits per heavy atom. The number of rotatable bonds is 1. The molecule has 5 nitrogen and oxygen atoms in total. The van der Waals surface area contributed by atoms with E-state index >= 15 is 0 Å². The van der Waals surface area contributed by atoms with Crippen LogP contribution in [0.1, 0.15) is 29.9 Å². The summed E-state index contributed by atoms with van der Waals surface area (Å²) in [6, 6.07) is 2.74. The van der Waals surface area contributed by atoms with Crippen molar-refractivity contribution >= 4 is 11.8 Å². The van der Waals surface area contributed by atoms with Crippen LogP contribution in [0, 0.1) is 11.8 Å². The summed E-state index contributed by atoms with van der Waals surface area (Å²) in [6.07, 6.45) is 0.794. The minimum absolute atomic E-state index is 0.0384. The maximum absolute atomic E-state index is 11.6. The molecule has 0 aliphatic heterocycles. The molecule has 0 heterocycles. The molecule has 1 aromatic carbocycles. The van der Waals surface area contributed by atoms with E-state index in [9.17, 15) is 24.9 Å². The third-order valence-electron chi connectivity index (χ3n) is 4.30. The van der Waals surface area contributed by atoms with Gasteiger partial charge < -0.3 is 15.3 Å². The number of carbonyl (C=O) groups is 2. The number of carboxylic acid groups (broad SMARTS) is 1. The molecule has 0 spiro atoms. The molecular weight excluding hydrogens is 248 g/mol. The van der Waals surface area contributed by atoms with E-state index in [4.69, 9.17) is 0 Å². The van der Waals surface area contributed by atoms with E-state index in [0.717, 1.165) is 0 Å². The SMILES string of the molecule is O=C1CC2c3c(O)cc(O)cc3CC(C(=O)O)C2C1. The lowest BCUT2D eigenvalue weighted by Crippen LogP contribution is -2.32. The summed E-state index contributed by atoms with van der Waals surface area (Å²) in [6.45, 7) is 0. The van der Waals surface area contributed by atoms with Crippen molar-refractivity contribution in [1.82, 2.24) is 0 Å². The van der Waals surface area contributed by atoms with Crippen molar-refractivity contribution in [1.29, 1.82) is 0 Å². The molecule has 0 bridgehead atoms. The number of hydrogen-bond acceptors (Lipinski definition) is 4. The lowest BCUT2D eigenvalue weighted by molar-refractivity contribution is -0.144. The fourth-order valence-corrected chi connectivity index (χ4v) is 3.56. The lowest BCUT2D eigenvalue weighted by atomic mass is 9.70. The van der Waals surface area contributed by atoms with Crippen molar-refractivity contribution in [2.75, 3.05) is 0 Å². The van der Waals surface area contributed by atoms with Crippen LogP contribution in [0.5, 0.6) is 11.5 Å². The number of carboxylic acids is 1. The van der Waals surface area contributed by atoms with E-state index in [1.807, 2.05) is 0 Å². The second-order valence-electron chi connectivity index (χ2n) is 5.40. The van der Waals surface area contributed by atoms with Crippen LogP contribution in [-0.2, 0) is 16.0 Å². The number of carbonyl (C=O) groups excluding carboxylic acids is 1. The van der Waals surface area contributed by atoms with Crippen LogP contribution in [0.25, 0.3) is 0 Å². The van der Waals surface area contributed by atoms with E-state index in [2.05, 4.69) is 0 Å². The summed E-state index contributed by atoms with van der Waals surface area (Å²) >= 11 is 0. The lowest BCUT2D eigenvalue weighted by Gasteiger charge is -2.33. The van der Waals surface area contributed by atoms with E-state index in [1.165, 1.54) is 12.1 Å². The first-order valence-corrected chi connectivity index (χ1v) is 6.26. The topological polar surface area (TPSA) is 94.8 Å². The molecule has 3 N–H and O–H groups in total. The largest absolute Gasteiger partial charge is 0.508 e. The number of fused-ring (bicyclic) bond motifs is 3. The second-order valence-corrected chi connectivity index (χ2v) is 5.40. The molecule has 0 aromatic heterocycles. The Balaban J connectivity index is 2.14.